The summed E-state index contributed by atoms with van der Waals surface area (Å²) in [5, 5.41) is 13.8. The molecule has 0 bridgehead atoms. The molecule has 7 heteroatoms. The molecular formula is C20H22N2O5. The van der Waals surface area contributed by atoms with E-state index in [2.05, 4.69) is 5.32 Å². The second kappa shape index (κ2) is 7.99. The summed E-state index contributed by atoms with van der Waals surface area (Å²) in [6, 6.07) is 8.05. The van der Waals surface area contributed by atoms with Gasteiger partial charge in [0.25, 0.3) is 11.6 Å². The number of anilines is 1. The molecule has 0 fully saturated rings. The predicted molar refractivity (Wildman–Crippen MR) is 102 cm³/mol. The van der Waals surface area contributed by atoms with Gasteiger partial charge in [-0.15, -0.1) is 0 Å². The summed E-state index contributed by atoms with van der Waals surface area (Å²) < 4.78 is 5.22. The van der Waals surface area contributed by atoms with Gasteiger partial charge in [-0.2, -0.15) is 0 Å². The summed E-state index contributed by atoms with van der Waals surface area (Å²) in [5.41, 5.74) is 3.68. The van der Waals surface area contributed by atoms with Crippen LogP contribution < -0.4 is 5.32 Å². The smallest absolute Gasteiger partial charge is 0.339 e. The zero-order valence-corrected chi connectivity index (χ0v) is 16.0. The van der Waals surface area contributed by atoms with Crippen molar-refractivity contribution < 1.29 is 19.2 Å². The fraction of sp³-hybridized carbons (Fsp3) is 0.300. The molecule has 1 atom stereocenters. The lowest BCUT2D eigenvalue weighted by Gasteiger charge is -2.17. The van der Waals surface area contributed by atoms with Crippen LogP contribution in [0, 0.1) is 37.8 Å². The van der Waals surface area contributed by atoms with Crippen molar-refractivity contribution in [3.05, 3.63) is 68.3 Å². The number of aryl methyl sites for hydroxylation is 3. The third-order valence-electron chi connectivity index (χ3n) is 4.30. The van der Waals surface area contributed by atoms with Crippen molar-refractivity contribution in [3.63, 3.8) is 0 Å². The number of carbonyl (C=O) groups is 2. The molecule has 0 saturated heterocycles. The van der Waals surface area contributed by atoms with Crippen molar-refractivity contribution in [1.82, 2.24) is 0 Å². The van der Waals surface area contributed by atoms with Gasteiger partial charge < -0.3 is 10.1 Å². The Morgan fingerprint density at radius 1 is 1.11 bits per heavy atom. The highest BCUT2D eigenvalue weighted by molar-refractivity contribution is 5.99. The Balaban J connectivity index is 2.14. The largest absolute Gasteiger partial charge is 0.449 e. The van der Waals surface area contributed by atoms with E-state index in [9.17, 15) is 19.7 Å². The van der Waals surface area contributed by atoms with Crippen molar-refractivity contribution in [2.75, 3.05) is 5.32 Å². The molecule has 0 radical (unpaired) electrons. The first-order valence-electron chi connectivity index (χ1n) is 8.45. The number of nitrogens with zero attached hydrogens (tertiary/aromatic N) is 1. The van der Waals surface area contributed by atoms with Crippen LogP contribution in [0.15, 0.2) is 30.3 Å². The number of carbonyl (C=O) groups excluding carboxylic acids is 2. The minimum atomic E-state index is -1.06. The monoisotopic (exact) mass is 370 g/mol. The number of ether oxygens (including phenoxy) is 1. The van der Waals surface area contributed by atoms with Crippen LogP contribution in [0.5, 0.6) is 0 Å². The Hall–Kier alpha value is -3.22. The van der Waals surface area contributed by atoms with Crippen LogP contribution in [0.2, 0.25) is 0 Å². The molecule has 2 aromatic carbocycles. The van der Waals surface area contributed by atoms with Crippen LogP contribution in [0.4, 0.5) is 11.4 Å². The van der Waals surface area contributed by atoms with Crippen LogP contribution in [0.3, 0.4) is 0 Å². The van der Waals surface area contributed by atoms with E-state index in [1.807, 2.05) is 32.9 Å². The number of hydrogen-bond donors (Lipinski definition) is 1. The van der Waals surface area contributed by atoms with Crippen LogP contribution >= 0.6 is 0 Å². The first-order chi connectivity index (χ1) is 12.6. The van der Waals surface area contributed by atoms with Gasteiger partial charge in [0, 0.05) is 17.3 Å². The van der Waals surface area contributed by atoms with Gasteiger partial charge in [-0.1, -0.05) is 23.8 Å². The topological polar surface area (TPSA) is 98.5 Å². The van der Waals surface area contributed by atoms with E-state index < -0.39 is 22.9 Å². The normalized spacial score (nSPS) is 11.6. The summed E-state index contributed by atoms with van der Waals surface area (Å²) in [5.74, 6) is -1.25. The lowest BCUT2D eigenvalue weighted by atomic mass is 10.0. The quantitative estimate of drug-likeness (QED) is 0.487. The Morgan fingerprint density at radius 3 is 2.26 bits per heavy atom. The number of nitro groups is 1. The summed E-state index contributed by atoms with van der Waals surface area (Å²) in [6.45, 7) is 8.67. The summed E-state index contributed by atoms with van der Waals surface area (Å²) in [4.78, 5) is 35.2. The highest BCUT2D eigenvalue weighted by Crippen LogP contribution is 2.24. The number of benzene rings is 2. The fourth-order valence-electron chi connectivity index (χ4n) is 2.92. The molecule has 7 nitrogen and oxygen atoms in total. The average Bonchev–Trinajstić information content (AvgIpc) is 2.57. The minimum Gasteiger partial charge on any atom is -0.449 e. The summed E-state index contributed by atoms with van der Waals surface area (Å²) >= 11 is 0. The van der Waals surface area contributed by atoms with Crippen LogP contribution in [0.1, 0.15) is 39.5 Å². The zero-order chi connectivity index (χ0) is 20.3. The van der Waals surface area contributed by atoms with Crippen molar-refractivity contribution in [2.24, 2.45) is 0 Å². The molecule has 1 N–H and O–H groups in total. The molecule has 0 heterocycles. The number of nitro benzene ring substituents is 1. The van der Waals surface area contributed by atoms with E-state index in [0.717, 1.165) is 16.7 Å². The summed E-state index contributed by atoms with van der Waals surface area (Å²) in [7, 11) is 0. The standard InChI is InChI=1S/C20H22N2O5/c1-11-9-12(2)18(13(3)10-11)21-19(23)15(5)27-20(24)16-7-6-8-17(14(16)4)22(25)26/h6-10,15H,1-5H3,(H,21,23)/t15-/m1/s1. The minimum absolute atomic E-state index is 0.0616. The number of amides is 1. The number of esters is 1. The first-order valence-corrected chi connectivity index (χ1v) is 8.45. The maximum atomic E-state index is 12.4. The molecule has 27 heavy (non-hydrogen) atoms. The Kier molecular flexibility index (Phi) is 5.95. The van der Waals surface area contributed by atoms with Crippen molar-refractivity contribution in [1.29, 1.82) is 0 Å². The SMILES string of the molecule is Cc1cc(C)c(NC(=O)[C@@H](C)OC(=O)c2cccc([N+](=O)[O-])c2C)c(C)c1. The van der Waals surface area contributed by atoms with Gasteiger partial charge in [0.15, 0.2) is 6.10 Å². The predicted octanol–water partition coefficient (Wildman–Crippen LogP) is 4.01. The van der Waals surface area contributed by atoms with Gasteiger partial charge in [0.1, 0.15) is 0 Å². The molecule has 0 unspecified atom stereocenters. The molecule has 0 saturated carbocycles. The molecule has 0 aliphatic carbocycles. The molecular weight excluding hydrogens is 348 g/mol. The molecule has 2 aromatic rings. The molecule has 2 rings (SSSR count). The number of hydrogen-bond acceptors (Lipinski definition) is 5. The van der Waals surface area contributed by atoms with Crippen LogP contribution in [-0.2, 0) is 9.53 Å². The maximum Gasteiger partial charge on any atom is 0.339 e. The third kappa shape index (κ3) is 4.49. The van der Waals surface area contributed by atoms with Gasteiger partial charge in [-0.05, 0) is 51.8 Å². The van der Waals surface area contributed by atoms with Crippen molar-refractivity contribution in [2.45, 2.75) is 40.7 Å². The van der Waals surface area contributed by atoms with E-state index in [4.69, 9.17) is 4.74 Å². The van der Waals surface area contributed by atoms with Gasteiger partial charge in [-0.3, -0.25) is 14.9 Å². The second-order valence-electron chi connectivity index (χ2n) is 6.52. The Labute approximate surface area is 157 Å². The van der Waals surface area contributed by atoms with Gasteiger partial charge in [0.2, 0.25) is 0 Å². The second-order valence-corrected chi connectivity index (χ2v) is 6.52. The third-order valence-corrected chi connectivity index (χ3v) is 4.30. The van der Waals surface area contributed by atoms with Gasteiger partial charge in [-0.25, -0.2) is 4.79 Å². The van der Waals surface area contributed by atoms with Gasteiger partial charge in [0.05, 0.1) is 10.5 Å². The van der Waals surface area contributed by atoms with Crippen molar-refractivity contribution in [3.8, 4) is 0 Å². The van der Waals surface area contributed by atoms with E-state index in [1.165, 1.54) is 32.0 Å². The molecule has 1 amide bonds. The number of nitrogens with one attached hydrogen (secondary N) is 1. The lowest BCUT2D eigenvalue weighted by molar-refractivity contribution is -0.385. The highest BCUT2D eigenvalue weighted by Gasteiger charge is 2.24. The Morgan fingerprint density at radius 2 is 1.70 bits per heavy atom. The van der Waals surface area contributed by atoms with Crippen molar-refractivity contribution >= 4 is 23.3 Å². The Bertz CT molecular complexity index is 898. The van der Waals surface area contributed by atoms with Crippen LogP contribution in [-0.4, -0.2) is 22.9 Å². The molecule has 0 aromatic heterocycles. The van der Waals surface area contributed by atoms with Crippen LogP contribution in [0.25, 0.3) is 0 Å². The van der Waals surface area contributed by atoms with E-state index in [0.29, 0.717) is 5.69 Å². The number of rotatable bonds is 5. The van der Waals surface area contributed by atoms with Gasteiger partial charge >= 0.3 is 5.97 Å². The zero-order valence-electron chi connectivity index (χ0n) is 16.0. The molecule has 0 aliphatic heterocycles. The summed E-state index contributed by atoms with van der Waals surface area (Å²) in [6.07, 6.45) is -1.06. The van der Waals surface area contributed by atoms with E-state index >= 15 is 0 Å². The molecule has 0 spiro atoms. The average molecular weight is 370 g/mol. The van der Waals surface area contributed by atoms with E-state index in [1.54, 1.807) is 0 Å². The highest BCUT2D eigenvalue weighted by atomic mass is 16.6. The fourth-order valence-corrected chi connectivity index (χ4v) is 2.92. The molecule has 142 valence electrons. The lowest BCUT2D eigenvalue weighted by Crippen LogP contribution is -2.30. The maximum absolute atomic E-state index is 12.4. The van der Waals surface area contributed by atoms with E-state index in [-0.39, 0.29) is 16.8 Å². The first kappa shape index (κ1) is 20.1. The molecule has 0 aliphatic rings.